The maximum Gasteiger partial charge on any atom is 0.220 e. The smallest absolute Gasteiger partial charge is 0.220 e. The zero-order chi connectivity index (χ0) is 40.0. The van der Waals surface area contributed by atoms with E-state index in [1.54, 1.807) is 6.08 Å². The molecule has 0 spiro atoms. The number of unbranched alkanes of at least 4 members (excludes halogenated alkanes) is 34. The molecule has 0 aliphatic carbocycles. The van der Waals surface area contributed by atoms with Gasteiger partial charge in [-0.3, -0.25) is 4.79 Å². The van der Waals surface area contributed by atoms with Gasteiger partial charge in [-0.2, -0.15) is 0 Å². The molecule has 0 aromatic heterocycles. The zero-order valence-electron chi connectivity index (χ0n) is 37.2. The van der Waals surface area contributed by atoms with Crippen LogP contribution in [0, 0.1) is 0 Å². The maximum absolute atomic E-state index is 12.4. The van der Waals surface area contributed by atoms with Crippen molar-refractivity contribution in [3.05, 3.63) is 36.5 Å². The van der Waals surface area contributed by atoms with Gasteiger partial charge in [-0.05, 0) is 57.8 Å². The largest absolute Gasteiger partial charge is 0.394 e. The molecule has 1 amide bonds. The molecular weight excluding hydrogens is 675 g/mol. The average molecular weight is 772 g/mol. The number of hydrogen-bond acceptors (Lipinski definition) is 3. The molecule has 2 atom stereocenters. The van der Waals surface area contributed by atoms with Gasteiger partial charge < -0.3 is 15.5 Å². The number of amides is 1. The SMILES string of the molecule is CCCCCCCCCCCCC/C=C\CCCCCCCCCC(=O)NC(CO)C(O)/C=C/CC/C=C/CCCCCCCCCCCCCCCCC. The number of carbonyl (C=O) groups is 1. The van der Waals surface area contributed by atoms with Crippen molar-refractivity contribution in [1.29, 1.82) is 0 Å². The van der Waals surface area contributed by atoms with Crippen molar-refractivity contribution in [2.24, 2.45) is 0 Å². The monoisotopic (exact) mass is 772 g/mol. The number of hydrogen-bond donors (Lipinski definition) is 3. The Morgan fingerprint density at radius 1 is 0.418 bits per heavy atom. The van der Waals surface area contributed by atoms with Crippen LogP contribution >= 0.6 is 0 Å². The lowest BCUT2D eigenvalue weighted by Crippen LogP contribution is -2.45. The van der Waals surface area contributed by atoms with Crippen molar-refractivity contribution < 1.29 is 15.0 Å². The summed E-state index contributed by atoms with van der Waals surface area (Å²) in [5.41, 5.74) is 0. The fraction of sp³-hybridized carbons (Fsp3) is 0.863. The van der Waals surface area contributed by atoms with Crippen molar-refractivity contribution in [3.8, 4) is 0 Å². The van der Waals surface area contributed by atoms with E-state index in [2.05, 4.69) is 43.5 Å². The van der Waals surface area contributed by atoms with Gasteiger partial charge in [0.25, 0.3) is 0 Å². The first-order valence-corrected chi connectivity index (χ1v) is 24.7. The number of rotatable bonds is 45. The van der Waals surface area contributed by atoms with E-state index in [1.165, 1.54) is 212 Å². The van der Waals surface area contributed by atoms with Crippen molar-refractivity contribution >= 4 is 5.91 Å². The lowest BCUT2D eigenvalue weighted by Gasteiger charge is -2.19. The molecule has 0 aliphatic rings. The van der Waals surface area contributed by atoms with Gasteiger partial charge in [-0.25, -0.2) is 0 Å². The van der Waals surface area contributed by atoms with Gasteiger partial charge in [-0.15, -0.1) is 0 Å². The topological polar surface area (TPSA) is 69.6 Å². The molecule has 4 heteroatoms. The summed E-state index contributed by atoms with van der Waals surface area (Å²) in [7, 11) is 0. The molecule has 0 bridgehead atoms. The second kappa shape index (κ2) is 47.0. The van der Waals surface area contributed by atoms with Gasteiger partial charge in [0.2, 0.25) is 5.91 Å². The van der Waals surface area contributed by atoms with E-state index in [0.717, 1.165) is 32.1 Å². The van der Waals surface area contributed by atoms with Gasteiger partial charge in [0.1, 0.15) is 0 Å². The molecule has 3 N–H and O–H groups in total. The first-order valence-electron chi connectivity index (χ1n) is 24.7. The minimum atomic E-state index is -0.863. The van der Waals surface area contributed by atoms with E-state index >= 15 is 0 Å². The third-order valence-corrected chi connectivity index (χ3v) is 11.3. The number of allylic oxidation sites excluding steroid dienone is 5. The van der Waals surface area contributed by atoms with Crippen molar-refractivity contribution in [2.75, 3.05) is 6.61 Å². The van der Waals surface area contributed by atoms with Crippen LogP contribution in [0.5, 0.6) is 0 Å². The molecule has 2 unspecified atom stereocenters. The first-order chi connectivity index (χ1) is 27.2. The molecule has 4 nitrogen and oxygen atoms in total. The van der Waals surface area contributed by atoms with E-state index < -0.39 is 12.1 Å². The summed E-state index contributed by atoms with van der Waals surface area (Å²) in [5, 5.41) is 23.1. The first kappa shape index (κ1) is 53.6. The minimum absolute atomic E-state index is 0.0758. The molecule has 0 saturated carbocycles. The summed E-state index contributed by atoms with van der Waals surface area (Å²) in [4.78, 5) is 12.4. The highest BCUT2D eigenvalue weighted by atomic mass is 16.3. The molecule has 0 aliphatic heterocycles. The summed E-state index contributed by atoms with van der Waals surface area (Å²) in [6.45, 7) is 4.32. The van der Waals surface area contributed by atoms with Crippen LogP contribution in [0.1, 0.15) is 264 Å². The molecule has 0 fully saturated rings. The van der Waals surface area contributed by atoms with E-state index in [-0.39, 0.29) is 12.5 Å². The minimum Gasteiger partial charge on any atom is -0.394 e. The van der Waals surface area contributed by atoms with E-state index in [9.17, 15) is 15.0 Å². The molecule has 0 heterocycles. The third kappa shape index (κ3) is 43.6. The Kier molecular flexibility index (Phi) is 45.8. The summed E-state index contributed by atoms with van der Waals surface area (Å²) >= 11 is 0. The summed E-state index contributed by atoms with van der Waals surface area (Å²) in [6.07, 6.45) is 62.8. The lowest BCUT2D eigenvalue weighted by molar-refractivity contribution is -0.123. The fourth-order valence-corrected chi connectivity index (χ4v) is 7.54. The molecule has 324 valence electrons. The van der Waals surface area contributed by atoms with Gasteiger partial charge in [0, 0.05) is 6.42 Å². The second-order valence-electron chi connectivity index (χ2n) is 16.9. The Morgan fingerprint density at radius 3 is 1.05 bits per heavy atom. The van der Waals surface area contributed by atoms with Gasteiger partial charge >= 0.3 is 0 Å². The van der Waals surface area contributed by atoms with Crippen LogP contribution < -0.4 is 5.32 Å². The Bertz CT molecular complexity index is 836. The summed E-state index contributed by atoms with van der Waals surface area (Å²) < 4.78 is 0. The van der Waals surface area contributed by atoms with E-state index in [0.29, 0.717) is 6.42 Å². The maximum atomic E-state index is 12.4. The zero-order valence-corrected chi connectivity index (χ0v) is 37.2. The molecule has 0 radical (unpaired) electrons. The highest BCUT2D eigenvalue weighted by Crippen LogP contribution is 2.15. The lowest BCUT2D eigenvalue weighted by atomic mass is 10.0. The summed E-state index contributed by atoms with van der Waals surface area (Å²) in [6, 6.07) is -0.641. The van der Waals surface area contributed by atoms with Crippen LogP contribution in [0.4, 0.5) is 0 Å². The van der Waals surface area contributed by atoms with Gasteiger partial charge in [0.05, 0.1) is 18.8 Å². The van der Waals surface area contributed by atoms with Crippen LogP contribution in [0.2, 0.25) is 0 Å². The van der Waals surface area contributed by atoms with Crippen molar-refractivity contribution in [1.82, 2.24) is 5.32 Å². The quantitative estimate of drug-likeness (QED) is 0.0426. The molecule has 0 rings (SSSR count). The number of aliphatic hydroxyl groups excluding tert-OH is 2. The highest BCUT2D eigenvalue weighted by molar-refractivity contribution is 5.76. The Hall–Kier alpha value is -1.39. The van der Waals surface area contributed by atoms with Crippen LogP contribution in [0.25, 0.3) is 0 Å². The van der Waals surface area contributed by atoms with Crippen LogP contribution in [-0.2, 0) is 4.79 Å². The predicted molar refractivity (Wildman–Crippen MR) is 244 cm³/mol. The molecule has 0 saturated heterocycles. The molecular formula is C51H97NO3. The summed E-state index contributed by atoms with van der Waals surface area (Å²) in [5.74, 6) is -0.0758. The van der Waals surface area contributed by atoms with Crippen LogP contribution in [0.15, 0.2) is 36.5 Å². The molecule has 0 aromatic rings. The Labute approximate surface area is 344 Å². The predicted octanol–water partition coefficient (Wildman–Crippen LogP) is 15.7. The second-order valence-corrected chi connectivity index (χ2v) is 16.9. The van der Waals surface area contributed by atoms with Gasteiger partial charge in [0.15, 0.2) is 0 Å². The third-order valence-electron chi connectivity index (χ3n) is 11.3. The van der Waals surface area contributed by atoms with Crippen molar-refractivity contribution in [2.45, 2.75) is 276 Å². The van der Waals surface area contributed by atoms with E-state index in [4.69, 9.17) is 0 Å². The number of carbonyl (C=O) groups excluding carboxylic acids is 1. The van der Waals surface area contributed by atoms with Crippen molar-refractivity contribution in [3.63, 3.8) is 0 Å². The fourth-order valence-electron chi connectivity index (χ4n) is 7.54. The molecule has 55 heavy (non-hydrogen) atoms. The van der Waals surface area contributed by atoms with E-state index in [1.807, 2.05) is 6.08 Å². The van der Waals surface area contributed by atoms with Crippen LogP contribution in [0.3, 0.4) is 0 Å². The average Bonchev–Trinajstić information content (AvgIpc) is 3.19. The Balaban J connectivity index is 3.57. The molecule has 0 aromatic carbocycles. The van der Waals surface area contributed by atoms with Gasteiger partial charge in [-0.1, -0.05) is 237 Å². The highest BCUT2D eigenvalue weighted by Gasteiger charge is 2.17. The Morgan fingerprint density at radius 2 is 0.709 bits per heavy atom. The number of aliphatic hydroxyl groups is 2. The normalized spacial score (nSPS) is 13.2. The van der Waals surface area contributed by atoms with Crippen LogP contribution in [-0.4, -0.2) is 34.9 Å². The number of nitrogens with one attached hydrogen (secondary N) is 1. The standard InChI is InChI=1S/C51H97NO3/c1-3-5-7-9-11-13-15-17-19-21-23-25-27-29-31-33-35-37-39-41-43-45-47-51(55)52-49(48-53)50(54)46-44-42-40-38-36-34-32-30-28-26-24-22-20-18-16-14-12-10-8-6-4-2/h27,29,36,38,44,46,49-50,53-54H,3-26,28,30-35,37,39-43,45,47-48H2,1-2H3,(H,52,55)/b29-27-,38-36+,46-44+.